The normalized spacial score (nSPS) is 14.8. The smallest absolute Gasteiger partial charge is 0.338 e. The molecule has 1 aliphatic rings. The van der Waals surface area contributed by atoms with E-state index in [1.807, 2.05) is 19.1 Å². The van der Waals surface area contributed by atoms with E-state index in [9.17, 15) is 28.1 Å². The first-order valence-corrected chi connectivity index (χ1v) is 12.1. The van der Waals surface area contributed by atoms with Crippen molar-refractivity contribution in [2.75, 3.05) is 16.2 Å². The van der Waals surface area contributed by atoms with E-state index in [1.165, 1.54) is 52.8 Å². The molecule has 0 radical (unpaired) electrons. The van der Waals surface area contributed by atoms with E-state index in [-0.39, 0.29) is 27.9 Å². The van der Waals surface area contributed by atoms with Crippen LogP contribution in [-0.2, 0) is 26.0 Å². The summed E-state index contributed by atoms with van der Waals surface area (Å²) in [5.74, 6) is -1.69. The second-order valence-corrected chi connectivity index (χ2v) is 9.72. The van der Waals surface area contributed by atoms with Gasteiger partial charge in [0.2, 0.25) is 0 Å². The van der Waals surface area contributed by atoms with Gasteiger partial charge in [-0.05, 0) is 49.2 Å². The van der Waals surface area contributed by atoms with E-state index in [1.54, 1.807) is 12.1 Å². The predicted octanol–water partition coefficient (Wildman–Crippen LogP) is 3.53. The lowest BCUT2D eigenvalue weighted by molar-refractivity contribution is -0.383. The number of hydrogen-bond acceptors (Lipinski definition) is 7. The van der Waals surface area contributed by atoms with Crippen LogP contribution in [0, 0.1) is 10.1 Å². The Hall–Kier alpha value is -4.25. The quantitative estimate of drug-likeness (QED) is 0.301. The van der Waals surface area contributed by atoms with Gasteiger partial charge in [-0.3, -0.25) is 19.2 Å². The third-order valence-corrected chi connectivity index (χ3v) is 7.40. The van der Waals surface area contributed by atoms with Crippen molar-refractivity contribution in [3.8, 4) is 0 Å². The number of anilines is 2. The zero-order valence-electron chi connectivity index (χ0n) is 18.6. The maximum atomic E-state index is 13.4. The topological polar surface area (TPSA) is 136 Å². The third kappa shape index (κ3) is 4.85. The van der Waals surface area contributed by atoms with Gasteiger partial charge in [-0.25, -0.2) is 13.2 Å². The number of nitrogens with one attached hydrogen (secondary N) is 1. The fourth-order valence-electron chi connectivity index (χ4n) is 3.94. The number of carbonyl (C=O) groups excluding carboxylic acids is 2. The molecule has 1 heterocycles. The minimum atomic E-state index is -3.96. The monoisotopic (exact) mass is 495 g/mol. The van der Waals surface area contributed by atoms with Crippen LogP contribution in [0.5, 0.6) is 0 Å². The Morgan fingerprint density at radius 3 is 2.57 bits per heavy atom. The number of nitrogens with zero attached hydrogens (tertiary/aromatic N) is 2. The van der Waals surface area contributed by atoms with Gasteiger partial charge >= 0.3 is 5.97 Å². The standard InChI is InChI=1S/C24H21N3O7S/c1-16-13-17-7-2-4-11-21(17)26(16)35(32,33)19-9-6-8-18(14-19)24(29)34-15-23(28)25-20-10-3-5-12-22(20)27(30)31/h2-12,14,16H,13,15H2,1H3,(H,25,28). The van der Waals surface area contributed by atoms with E-state index >= 15 is 0 Å². The van der Waals surface area contributed by atoms with Gasteiger partial charge in [-0.15, -0.1) is 0 Å². The molecule has 1 unspecified atom stereocenters. The van der Waals surface area contributed by atoms with Gasteiger partial charge in [0.05, 0.1) is 21.1 Å². The number of esters is 1. The molecule has 0 saturated carbocycles. The molecule has 35 heavy (non-hydrogen) atoms. The molecule has 0 aromatic heterocycles. The van der Waals surface area contributed by atoms with Crippen molar-refractivity contribution in [3.63, 3.8) is 0 Å². The lowest BCUT2D eigenvalue weighted by Crippen LogP contribution is -2.35. The van der Waals surface area contributed by atoms with Gasteiger partial charge in [-0.2, -0.15) is 0 Å². The summed E-state index contributed by atoms with van der Waals surface area (Å²) in [4.78, 5) is 35.0. The van der Waals surface area contributed by atoms with Gasteiger partial charge < -0.3 is 10.1 Å². The summed E-state index contributed by atoms with van der Waals surface area (Å²) in [6.45, 7) is 1.10. The van der Waals surface area contributed by atoms with Crippen molar-refractivity contribution in [1.29, 1.82) is 0 Å². The average molecular weight is 496 g/mol. The number of fused-ring (bicyclic) bond motifs is 1. The van der Waals surface area contributed by atoms with E-state index in [4.69, 9.17) is 4.74 Å². The summed E-state index contributed by atoms with van der Waals surface area (Å²) >= 11 is 0. The summed E-state index contributed by atoms with van der Waals surface area (Å²) in [6, 6.07) is 17.9. The van der Waals surface area contributed by atoms with Crippen molar-refractivity contribution in [3.05, 3.63) is 94.0 Å². The van der Waals surface area contributed by atoms with Crippen LogP contribution in [0.25, 0.3) is 0 Å². The molecular formula is C24H21N3O7S. The molecule has 1 atom stereocenters. The highest BCUT2D eigenvalue weighted by Gasteiger charge is 2.36. The van der Waals surface area contributed by atoms with E-state index in [0.29, 0.717) is 12.1 Å². The summed E-state index contributed by atoms with van der Waals surface area (Å²) in [5, 5.41) is 13.4. The second kappa shape index (κ2) is 9.55. The Bertz CT molecular complexity index is 1420. The molecule has 0 aliphatic carbocycles. The molecule has 1 N–H and O–H groups in total. The maximum Gasteiger partial charge on any atom is 0.338 e. The molecule has 3 aromatic rings. The fraction of sp³-hybridized carbons (Fsp3) is 0.167. The largest absolute Gasteiger partial charge is 0.452 e. The maximum absolute atomic E-state index is 13.4. The fourth-order valence-corrected chi connectivity index (χ4v) is 5.68. The van der Waals surface area contributed by atoms with Crippen LogP contribution in [0.4, 0.5) is 17.1 Å². The molecule has 1 amide bonds. The third-order valence-electron chi connectivity index (χ3n) is 5.48. The molecule has 3 aromatic carbocycles. The van der Waals surface area contributed by atoms with Gasteiger partial charge in [0.15, 0.2) is 6.61 Å². The lowest BCUT2D eigenvalue weighted by Gasteiger charge is -2.24. The first-order chi connectivity index (χ1) is 16.7. The van der Waals surface area contributed by atoms with Crippen LogP contribution < -0.4 is 9.62 Å². The number of rotatable bonds is 7. The number of amides is 1. The zero-order chi connectivity index (χ0) is 25.2. The molecule has 180 valence electrons. The Kier molecular flexibility index (Phi) is 6.52. The minimum absolute atomic E-state index is 0.0355. The van der Waals surface area contributed by atoms with Crippen LogP contribution in [-0.4, -0.2) is 37.9 Å². The second-order valence-electron chi connectivity index (χ2n) is 7.91. The van der Waals surface area contributed by atoms with Crippen LogP contribution >= 0.6 is 0 Å². The highest BCUT2D eigenvalue weighted by atomic mass is 32.2. The van der Waals surface area contributed by atoms with Crippen molar-refractivity contribution in [1.82, 2.24) is 0 Å². The van der Waals surface area contributed by atoms with Gasteiger partial charge in [0.25, 0.3) is 21.6 Å². The predicted molar refractivity (Wildman–Crippen MR) is 128 cm³/mol. The minimum Gasteiger partial charge on any atom is -0.452 e. The highest BCUT2D eigenvalue weighted by molar-refractivity contribution is 7.92. The summed E-state index contributed by atoms with van der Waals surface area (Å²) in [6.07, 6.45) is 0.575. The lowest BCUT2D eigenvalue weighted by atomic mass is 10.1. The number of carbonyl (C=O) groups is 2. The van der Waals surface area contributed by atoms with Crippen molar-refractivity contribution >= 4 is 39.0 Å². The molecule has 0 bridgehead atoms. The van der Waals surface area contributed by atoms with Crippen molar-refractivity contribution in [2.24, 2.45) is 0 Å². The Labute approximate surface area is 201 Å². The number of hydrogen-bond donors (Lipinski definition) is 1. The van der Waals surface area contributed by atoms with Crippen LogP contribution in [0.3, 0.4) is 0 Å². The van der Waals surface area contributed by atoms with E-state index in [2.05, 4.69) is 5.32 Å². The van der Waals surface area contributed by atoms with Crippen molar-refractivity contribution < 1.29 is 27.7 Å². The molecule has 0 fully saturated rings. The van der Waals surface area contributed by atoms with Crippen LogP contribution in [0.2, 0.25) is 0 Å². The number of nitro benzene ring substituents is 1. The summed E-state index contributed by atoms with van der Waals surface area (Å²) < 4.78 is 33.1. The first kappa shape index (κ1) is 23.9. The van der Waals surface area contributed by atoms with Gasteiger partial charge in [-0.1, -0.05) is 36.4 Å². The molecular weight excluding hydrogens is 474 g/mol. The van der Waals surface area contributed by atoms with Crippen LogP contribution in [0.1, 0.15) is 22.8 Å². The first-order valence-electron chi connectivity index (χ1n) is 10.6. The molecule has 10 nitrogen and oxygen atoms in total. The van der Waals surface area contributed by atoms with Crippen LogP contribution in [0.15, 0.2) is 77.7 Å². The number of sulfonamides is 1. The average Bonchev–Trinajstić information content (AvgIpc) is 3.19. The molecule has 1 aliphatic heterocycles. The Balaban J connectivity index is 1.47. The van der Waals surface area contributed by atoms with Gasteiger partial charge in [0.1, 0.15) is 5.69 Å². The summed E-state index contributed by atoms with van der Waals surface area (Å²) in [7, 11) is -3.96. The Morgan fingerprint density at radius 1 is 1.09 bits per heavy atom. The SMILES string of the molecule is CC1Cc2ccccc2N1S(=O)(=O)c1cccc(C(=O)OCC(=O)Nc2ccccc2[N+](=O)[O-])c1. The van der Waals surface area contributed by atoms with E-state index < -0.39 is 33.4 Å². The van der Waals surface area contributed by atoms with Gasteiger partial charge in [0, 0.05) is 12.1 Å². The number of benzene rings is 3. The van der Waals surface area contributed by atoms with E-state index in [0.717, 1.165) is 5.56 Å². The molecule has 0 spiro atoms. The summed E-state index contributed by atoms with van der Waals surface area (Å²) in [5.41, 5.74) is 1.13. The molecule has 0 saturated heterocycles. The number of nitro groups is 1. The van der Waals surface area contributed by atoms with Crippen molar-refractivity contribution in [2.45, 2.75) is 24.3 Å². The Morgan fingerprint density at radius 2 is 1.80 bits per heavy atom. The zero-order valence-corrected chi connectivity index (χ0v) is 19.4. The number of para-hydroxylation sites is 3. The highest BCUT2D eigenvalue weighted by Crippen LogP contribution is 2.36. The molecule has 4 rings (SSSR count). The number of ether oxygens (including phenoxy) is 1. The molecule has 11 heteroatoms.